The summed E-state index contributed by atoms with van der Waals surface area (Å²) in [4.78, 5) is 0. The molecule has 2 N–H and O–H groups in total. The first kappa shape index (κ1) is 8.75. The van der Waals surface area contributed by atoms with Crippen molar-refractivity contribution in [2.24, 2.45) is 5.73 Å². The standard InChI is InChI=1S/C10H17N3/c1-8(2)13-9(3-6-12-13)7-10(11)4-5-10/h3,6,8H,4-5,7,11H2,1-2H3. The molecule has 72 valence electrons. The number of nitrogens with two attached hydrogens (primary N) is 1. The van der Waals surface area contributed by atoms with Crippen molar-refractivity contribution in [1.29, 1.82) is 0 Å². The van der Waals surface area contributed by atoms with Gasteiger partial charge >= 0.3 is 0 Å². The molecule has 0 saturated heterocycles. The molecule has 2 rings (SSSR count). The molecule has 0 aliphatic heterocycles. The molecule has 1 aliphatic rings. The third-order valence-electron chi connectivity index (χ3n) is 2.67. The van der Waals surface area contributed by atoms with Crippen molar-refractivity contribution in [3.8, 4) is 0 Å². The second kappa shape index (κ2) is 2.84. The topological polar surface area (TPSA) is 43.8 Å². The number of hydrogen-bond acceptors (Lipinski definition) is 2. The second-order valence-electron chi connectivity index (χ2n) is 4.40. The number of hydrogen-bond donors (Lipinski definition) is 1. The van der Waals surface area contributed by atoms with Crippen LogP contribution >= 0.6 is 0 Å². The van der Waals surface area contributed by atoms with E-state index in [-0.39, 0.29) is 5.54 Å². The van der Waals surface area contributed by atoms with Crippen LogP contribution in [0.2, 0.25) is 0 Å². The van der Waals surface area contributed by atoms with E-state index in [2.05, 4.69) is 29.7 Å². The molecule has 1 aromatic rings. The van der Waals surface area contributed by atoms with E-state index in [1.807, 2.05) is 6.20 Å². The van der Waals surface area contributed by atoms with E-state index in [0.717, 1.165) is 19.3 Å². The number of rotatable bonds is 3. The third-order valence-corrected chi connectivity index (χ3v) is 2.67. The van der Waals surface area contributed by atoms with E-state index < -0.39 is 0 Å². The lowest BCUT2D eigenvalue weighted by Crippen LogP contribution is -2.26. The molecule has 1 saturated carbocycles. The van der Waals surface area contributed by atoms with Gasteiger partial charge in [0.2, 0.25) is 0 Å². The molecule has 13 heavy (non-hydrogen) atoms. The summed E-state index contributed by atoms with van der Waals surface area (Å²) in [6.45, 7) is 4.29. The smallest absolute Gasteiger partial charge is 0.0492 e. The van der Waals surface area contributed by atoms with Crippen molar-refractivity contribution in [3.05, 3.63) is 18.0 Å². The van der Waals surface area contributed by atoms with Gasteiger partial charge in [0.05, 0.1) is 0 Å². The molecule has 0 atom stereocenters. The Bertz CT molecular complexity index is 297. The van der Waals surface area contributed by atoms with Crippen molar-refractivity contribution in [2.45, 2.75) is 44.7 Å². The van der Waals surface area contributed by atoms with Crippen LogP contribution in [0.5, 0.6) is 0 Å². The van der Waals surface area contributed by atoms with Crippen LogP contribution < -0.4 is 5.73 Å². The van der Waals surface area contributed by atoms with E-state index in [9.17, 15) is 0 Å². The monoisotopic (exact) mass is 179 g/mol. The highest BCUT2D eigenvalue weighted by Gasteiger charge is 2.38. The Balaban J connectivity index is 2.15. The van der Waals surface area contributed by atoms with Gasteiger partial charge in [0.25, 0.3) is 0 Å². The zero-order valence-corrected chi connectivity index (χ0v) is 8.33. The highest BCUT2D eigenvalue weighted by molar-refractivity contribution is 5.12. The van der Waals surface area contributed by atoms with Crippen LogP contribution in [0.15, 0.2) is 12.3 Å². The summed E-state index contributed by atoms with van der Waals surface area (Å²) in [6.07, 6.45) is 5.17. The minimum absolute atomic E-state index is 0.0900. The Morgan fingerprint density at radius 2 is 2.31 bits per heavy atom. The second-order valence-corrected chi connectivity index (χ2v) is 4.40. The Morgan fingerprint density at radius 1 is 1.62 bits per heavy atom. The van der Waals surface area contributed by atoms with Crippen LogP contribution in [0.4, 0.5) is 0 Å². The first-order valence-corrected chi connectivity index (χ1v) is 4.92. The van der Waals surface area contributed by atoms with E-state index in [1.54, 1.807) is 0 Å². The molecule has 0 spiro atoms. The molecule has 0 amide bonds. The normalized spacial score (nSPS) is 19.4. The molecule has 3 heteroatoms. The summed E-state index contributed by atoms with van der Waals surface area (Å²) in [5.74, 6) is 0. The van der Waals surface area contributed by atoms with Gasteiger partial charge in [0.1, 0.15) is 0 Å². The van der Waals surface area contributed by atoms with Crippen LogP contribution in [0.3, 0.4) is 0 Å². The summed E-state index contributed by atoms with van der Waals surface area (Å²) in [5.41, 5.74) is 7.43. The molecule has 0 unspecified atom stereocenters. The third kappa shape index (κ3) is 1.75. The van der Waals surface area contributed by atoms with Gasteiger partial charge in [-0.05, 0) is 32.8 Å². The average Bonchev–Trinajstić information content (AvgIpc) is 2.63. The summed E-state index contributed by atoms with van der Waals surface area (Å²) in [7, 11) is 0. The van der Waals surface area contributed by atoms with Gasteiger partial charge in [0.15, 0.2) is 0 Å². The average molecular weight is 179 g/mol. The van der Waals surface area contributed by atoms with Gasteiger partial charge in [-0.3, -0.25) is 4.68 Å². The SMILES string of the molecule is CC(C)n1nccc1CC1(N)CC1. The Labute approximate surface area is 78.9 Å². The van der Waals surface area contributed by atoms with Gasteiger partial charge in [-0.2, -0.15) is 5.10 Å². The molecular formula is C10H17N3. The van der Waals surface area contributed by atoms with Gasteiger partial charge in [-0.25, -0.2) is 0 Å². The maximum atomic E-state index is 6.07. The zero-order chi connectivity index (χ0) is 9.47. The van der Waals surface area contributed by atoms with Crippen molar-refractivity contribution in [3.63, 3.8) is 0 Å². The van der Waals surface area contributed by atoms with E-state index in [1.165, 1.54) is 5.69 Å². The fraction of sp³-hybridized carbons (Fsp3) is 0.700. The first-order valence-electron chi connectivity index (χ1n) is 4.92. The van der Waals surface area contributed by atoms with Crippen LogP contribution in [-0.2, 0) is 6.42 Å². The summed E-state index contributed by atoms with van der Waals surface area (Å²) < 4.78 is 2.06. The molecule has 1 fully saturated rings. The molecule has 1 aromatic heterocycles. The lowest BCUT2D eigenvalue weighted by atomic mass is 10.1. The van der Waals surface area contributed by atoms with Crippen LogP contribution in [0, 0.1) is 0 Å². The largest absolute Gasteiger partial charge is 0.325 e. The summed E-state index contributed by atoms with van der Waals surface area (Å²) >= 11 is 0. The molecular weight excluding hydrogens is 162 g/mol. The Kier molecular flexibility index (Phi) is 1.91. The van der Waals surface area contributed by atoms with Crippen LogP contribution in [0.1, 0.15) is 38.4 Å². The highest BCUT2D eigenvalue weighted by Crippen LogP contribution is 2.35. The predicted octanol–water partition coefficient (Wildman–Crippen LogP) is 1.50. The molecule has 0 radical (unpaired) electrons. The molecule has 0 bridgehead atoms. The van der Waals surface area contributed by atoms with E-state index >= 15 is 0 Å². The minimum atomic E-state index is 0.0900. The van der Waals surface area contributed by atoms with Crippen molar-refractivity contribution in [1.82, 2.24) is 9.78 Å². The maximum Gasteiger partial charge on any atom is 0.0492 e. The van der Waals surface area contributed by atoms with Crippen molar-refractivity contribution >= 4 is 0 Å². The first-order chi connectivity index (χ1) is 6.11. The highest BCUT2D eigenvalue weighted by atomic mass is 15.3. The zero-order valence-electron chi connectivity index (χ0n) is 8.33. The van der Waals surface area contributed by atoms with E-state index in [4.69, 9.17) is 5.73 Å². The Morgan fingerprint density at radius 3 is 2.85 bits per heavy atom. The fourth-order valence-electron chi connectivity index (χ4n) is 1.64. The maximum absolute atomic E-state index is 6.07. The molecule has 1 aliphatic carbocycles. The van der Waals surface area contributed by atoms with Gasteiger partial charge in [0, 0.05) is 29.9 Å². The predicted molar refractivity (Wildman–Crippen MR) is 52.5 cm³/mol. The van der Waals surface area contributed by atoms with Crippen LogP contribution in [-0.4, -0.2) is 15.3 Å². The quantitative estimate of drug-likeness (QED) is 0.764. The van der Waals surface area contributed by atoms with Gasteiger partial charge < -0.3 is 5.73 Å². The lowest BCUT2D eigenvalue weighted by Gasteiger charge is -2.13. The van der Waals surface area contributed by atoms with Gasteiger partial charge in [-0.15, -0.1) is 0 Å². The summed E-state index contributed by atoms with van der Waals surface area (Å²) in [5, 5.41) is 4.29. The molecule has 1 heterocycles. The van der Waals surface area contributed by atoms with Crippen molar-refractivity contribution in [2.75, 3.05) is 0 Å². The minimum Gasteiger partial charge on any atom is -0.325 e. The Hall–Kier alpha value is -0.830. The van der Waals surface area contributed by atoms with Crippen LogP contribution in [0.25, 0.3) is 0 Å². The summed E-state index contributed by atoms with van der Waals surface area (Å²) in [6, 6.07) is 2.51. The number of aromatic nitrogens is 2. The molecule has 0 aromatic carbocycles. The van der Waals surface area contributed by atoms with Crippen molar-refractivity contribution < 1.29 is 0 Å². The fourth-order valence-corrected chi connectivity index (χ4v) is 1.64. The van der Waals surface area contributed by atoms with Gasteiger partial charge in [-0.1, -0.05) is 0 Å². The van der Waals surface area contributed by atoms with E-state index in [0.29, 0.717) is 6.04 Å². The molecule has 3 nitrogen and oxygen atoms in total. The lowest BCUT2D eigenvalue weighted by molar-refractivity contribution is 0.493. The number of nitrogens with zero attached hydrogens (tertiary/aromatic N) is 2.